The summed E-state index contributed by atoms with van der Waals surface area (Å²) in [6.45, 7) is 0. The van der Waals surface area contributed by atoms with Crippen molar-refractivity contribution < 1.29 is 18.7 Å². The predicted molar refractivity (Wildman–Crippen MR) is 72.7 cm³/mol. The van der Waals surface area contributed by atoms with Crippen molar-refractivity contribution in [3.8, 4) is 0 Å². The Labute approximate surface area is 115 Å². The van der Waals surface area contributed by atoms with Gasteiger partial charge in [-0.3, -0.25) is 4.79 Å². The maximum atomic E-state index is 13.4. The van der Waals surface area contributed by atoms with E-state index in [1.54, 1.807) is 17.8 Å². The lowest BCUT2D eigenvalue weighted by Crippen LogP contribution is -2.42. The van der Waals surface area contributed by atoms with Gasteiger partial charge >= 0.3 is 5.97 Å². The molecule has 1 amide bonds. The van der Waals surface area contributed by atoms with E-state index in [0.717, 1.165) is 0 Å². The molecule has 4 nitrogen and oxygen atoms in total. The number of carbonyl (C=O) groups excluding carboxylic acids is 2. The summed E-state index contributed by atoms with van der Waals surface area (Å²) in [6, 6.07) is 4.87. The number of nitrogens with one attached hydrogen (secondary N) is 1. The Morgan fingerprint density at radius 1 is 1.42 bits per heavy atom. The molecule has 1 aromatic carbocycles. The van der Waals surface area contributed by atoms with E-state index in [2.05, 4.69) is 10.1 Å². The van der Waals surface area contributed by atoms with Crippen molar-refractivity contribution in [3.63, 3.8) is 0 Å². The maximum Gasteiger partial charge on any atom is 0.328 e. The molecule has 0 heterocycles. The highest BCUT2D eigenvalue weighted by molar-refractivity contribution is 7.98. The summed E-state index contributed by atoms with van der Waals surface area (Å²) in [5.74, 6) is -1.07. The van der Waals surface area contributed by atoms with Gasteiger partial charge < -0.3 is 10.1 Å². The van der Waals surface area contributed by atoms with Gasteiger partial charge in [-0.15, -0.1) is 0 Å². The molecule has 0 aromatic heterocycles. The SMILES string of the molecule is COC(=O)[C@@H](CCSC)NC(=O)c1ccccc1F. The first-order valence-electron chi connectivity index (χ1n) is 5.72. The Hall–Kier alpha value is -1.56. The number of thioether (sulfide) groups is 1. The van der Waals surface area contributed by atoms with E-state index in [1.807, 2.05) is 6.26 Å². The number of carbonyl (C=O) groups is 2. The van der Waals surface area contributed by atoms with Gasteiger partial charge in [0, 0.05) is 0 Å². The number of amides is 1. The highest BCUT2D eigenvalue weighted by atomic mass is 32.2. The lowest BCUT2D eigenvalue weighted by Gasteiger charge is -2.16. The van der Waals surface area contributed by atoms with Gasteiger partial charge in [0.1, 0.15) is 11.9 Å². The highest BCUT2D eigenvalue weighted by Gasteiger charge is 2.22. The molecule has 0 bridgehead atoms. The molecule has 0 unspecified atom stereocenters. The Kier molecular flexibility index (Phi) is 6.35. The normalized spacial score (nSPS) is 11.7. The minimum atomic E-state index is -0.760. The van der Waals surface area contributed by atoms with Gasteiger partial charge in [-0.2, -0.15) is 11.8 Å². The number of rotatable bonds is 6. The molecule has 1 N–H and O–H groups in total. The van der Waals surface area contributed by atoms with E-state index >= 15 is 0 Å². The smallest absolute Gasteiger partial charge is 0.328 e. The molecule has 104 valence electrons. The summed E-state index contributed by atoms with van der Waals surface area (Å²) < 4.78 is 18.1. The second kappa shape index (κ2) is 7.78. The Morgan fingerprint density at radius 3 is 2.68 bits per heavy atom. The van der Waals surface area contributed by atoms with Crippen molar-refractivity contribution in [3.05, 3.63) is 35.6 Å². The molecule has 0 aliphatic carbocycles. The number of ether oxygens (including phenoxy) is 1. The zero-order chi connectivity index (χ0) is 14.3. The van der Waals surface area contributed by atoms with Crippen LogP contribution in [0.5, 0.6) is 0 Å². The molecule has 0 radical (unpaired) electrons. The molecule has 0 saturated heterocycles. The van der Waals surface area contributed by atoms with Crippen LogP contribution < -0.4 is 5.32 Å². The van der Waals surface area contributed by atoms with Crippen LogP contribution in [0.3, 0.4) is 0 Å². The number of benzene rings is 1. The minimum Gasteiger partial charge on any atom is -0.467 e. The van der Waals surface area contributed by atoms with Crippen LogP contribution >= 0.6 is 11.8 Å². The fourth-order valence-electron chi connectivity index (χ4n) is 1.51. The minimum absolute atomic E-state index is 0.0828. The molecule has 0 fully saturated rings. The van der Waals surface area contributed by atoms with Crippen molar-refractivity contribution >= 4 is 23.6 Å². The molecule has 0 saturated carbocycles. The van der Waals surface area contributed by atoms with Crippen LogP contribution in [0, 0.1) is 5.82 Å². The largest absolute Gasteiger partial charge is 0.467 e. The maximum absolute atomic E-state index is 13.4. The topological polar surface area (TPSA) is 55.4 Å². The molecule has 1 atom stereocenters. The van der Waals surface area contributed by atoms with Gasteiger partial charge in [-0.1, -0.05) is 12.1 Å². The standard InChI is InChI=1S/C13H16FNO3S/c1-18-13(17)11(7-8-19-2)15-12(16)9-5-3-4-6-10(9)14/h3-6,11H,7-8H2,1-2H3,(H,15,16)/t11-/m1/s1. The van der Waals surface area contributed by atoms with Crippen LogP contribution in [-0.2, 0) is 9.53 Å². The van der Waals surface area contributed by atoms with Crippen LogP contribution in [0.4, 0.5) is 4.39 Å². The van der Waals surface area contributed by atoms with Crippen molar-refractivity contribution in [1.82, 2.24) is 5.32 Å². The first kappa shape index (κ1) is 15.5. The van der Waals surface area contributed by atoms with Crippen molar-refractivity contribution in [2.75, 3.05) is 19.1 Å². The van der Waals surface area contributed by atoms with Crippen molar-refractivity contribution in [1.29, 1.82) is 0 Å². The summed E-state index contributed by atoms with van der Waals surface area (Å²) in [7, 11) is 1.25. The zero-order valence-corrected chi connectivity index (χ0v) is 11.6. The third kappa shape index (κ3) is 4.55. The van der Waals surface area contributed by atoms with Crippen molar-refractivity contribution in [2.45, 2.75) is 12.5 Å². The Morgan fingerprint density at radius 2 is 2.11 bits per heavy atom. The zero-order valence-electron chi connectivity index (χ0n) is 10.8. The number of esters is 1. The van der Waals surface area contributed by atoms with Crippen LogP contribution in [0.1, 0.15) is 16.8 Å². The van der Waals surface area contributed by atoms with Crippen LogP contribution in [0.25, 0.3) is 0 Å². The number of hydrogen-bond acceptors (Lipinski definition) is 4. The molecule has 1 aromatic rings. The molecule has 0 aliphatic heterocycles. The van der Waals surface area contributed by atoms with Gasteiger partial charge in [-0.05, 0) is 30.6 Å². The predicted octanol–water partition coefficient (Wildman–Crippen LogP) is 1.85. The number of hydrogen-bond donors (Lipinski definition) is 1. The number of halogens is 1. The average Bonchev–Trinajstić information content (AvgIpc) is 2.42. The average molecular weight is 285 g/mol. The van der Waals surface area contributed by atoms with Gasteiger partial charge in [0.05, 0.1) is 12.7 Å². The van der Waals surface area contributed by atoms with Gasteiger partial charge in [-0.25, -0.2) is 9.18 Å². The van der Waals surface area contributed by atoms with Gasteiger partial charge in [0.2, 0.25) is 0 Å². The Balaban J connectivity index is 2.76. The summed E-state index contributed by atoms with van der Waals surface area (Å²) in [5, 5.41) is 2.49. The summed E-state index contributed by atoms with van der Waals surface area (Å²) in [4.78, 5) is 23.4. The fraction of sp³-hybridized carbons (Fsp3) is 0.385. The highest BCUT2D eigenvalue weighted by Crippen LogP contribution is 2.08. The lowest BCUT2D eigenvalue weighted by molar-refractivity contribution is -0.142. The molecular formula is C13H16FNO3S. The summed E-state index contributed by atoms with van der Waals surface area (Å²) >= 11 is 1.55. The first-order chi connectivity index (χ1) is 9.10. The second-order valence-electron chi connectivity index (χ2n) is 3.81. The summed E-state index contributed by atoms with van der Waals surface area (Å²) in [6.07, 6.45) is 2.33. The monoisotopic (exact) mass is 285 g/mol. The third-order valence-electron chi connectivity index (χ3n) is 2.52. The van der Waals surface area contributed by atoms with E-state index < -0.39 is 23.7 Å². The van der Waals surface area contributed by atoms with Crippen LogP contribution in [-0.4, -0.2) is 37.0 Å². The molecule has 19 heavy (non-hydrogen) atoms. The second-order valence-corrected chi connectivity index (χ2v) is 4.80. The van der Waals surface area contributed by atoms with Crippen LogP contribution in [0.15, 0.2) is 24.3 Å². The third-order valence-corrected chi connectivity index (χ3v) is 3.16. The Bertz CT molecular complexity index is 453. The number of methoxy groups -OCH3 is 1. The van der Waals surface area contributed by atoms with E-state index in [-0.39, 0.29) is 5.56 Å². The van der Waals surface area contributed by atoms with Gasteiger partial charge in [0.15, 0.2) is 0 Å². The van der Waals surface area contributed by atoms with E-state index in [4.69, 9.17) is 0 Å². The molecular weight excluding hydrogens is 269 g/mol. The lowest BCUT2D eigenvalue weighted by atomic mass is 10.1. The summed E-state index contributed by atoms with van der Waals surface area (Å²) in [5.41, 5.74) is -0.0828. The van der Waals surface area contributed by atoms with Gasteiger partial charge in [0.25, 0.3) is 5.91 Å². The molecule has 1 rings (SSSR count). The fourth-order valence-corrected chi connectivity index (χ4v) is 1.98. The molecule has 0 aliphatic rings. The molecule has 6 heteroatoms. The van der Waals surface area contributed by atoms with E-state index in [0.29, 0.717) is 12.2 Å². The van der Waals surface area contributed by atoms with E-state index in [9.17, 15) is 14.0 Å². The van der Waals surface area contributed by atoms with E-state index in [1.165, 1.54) is 25.3 Å². The van der Waals surface area contributed by atoms with Crippen molar-refractivity contribution in [2.24, 2.45) is 0 Å². The quantitative estimate of drug-likeness (QED) is 0.810. The first-order valence-corrected chi connectivity index (χ1v) is 7.11. The van der Waals surface area contributed by atoms with Crippen LogP contribution in [0.2, 0.25) is 0 Å². The molecule has 0 spiro atoms.